The van der Waals surface area contributed by atoms with Crippen LogP contribution in [0.3, 0.4) is 0 Å². The fourth-order valence-corrected chi connectivity index (χ4v) is 5.01. The molecule has 3 heterocycles. The number of amides is 1. The first kappa shape index (κ1) is 19.9. The maximum atomic E-state index is 13.7. The van der Waals surface area contributed by atoms with Crippen LogP contribution in [0.5, 0.6) is 11.5 Å². The van der Waals surface area contributed by atoms with E-state index in [1.54, 1.807) is 20.3 Å². The number of rotatable bonds is 5. The Balaban J connectivity index is 1.51. The minimum Gasteiger partial charge on any atom is -0.493 e. The van der Waals surface area contributed by atoms with Crippen molar-refractivity contribution in [1.82, 2.24) is 15.0 Å². The highest BCUT2D eigenvalue weighted by molar-refractivity contribution is 5.94. The summed E-state index contributed by atoms with van der Waals surface area (Å²) in [5.74, 6) is 2.30. The molecular weight excluding hydrogens is 418 g/mol. The summed E-state index contributed by atoms with van der Waals surface area (Å²) in [6.45, 7) is 0.560. The average Bonchev–Trinajstić information content (AvgIpc) is 3.46. The lowest BCUT2D eigenvalue weighted by atomic mass is 9.91. The van der Waals surface area contributed by atoms with Crippen LogP contribution in [0, 0.1) is 0 Å². The van der Waals surface area contributed by atoms with Crippen molar-refractivity contribution in [2.75, 3.05) is 20.8 Å². The van der Waals surface area contributed by atoms with E-state index in [0.717, 1.165) is 41.8 Å². The lowest BCUT2D eigenvalue weighted by molar-refractivity contribution is 0.0679. The predicted molar refractivity (Wildman–Crippen MR) is 123 cm³/mol. The molecule has 33 heavy (non-hydrogen) atoms. The van der Waals surface area contributed by atoms with Crippen molar-refractivity contribution in [1.29, 1.82) is 0 Å². The number of nitrogens with one attached hydrogen (secondary N) is 1. The van der Waals surface area contributed by atoms with Crippen LogP contribution >= 0.6 is 0 Å². The molecule has 2 aromatic carbocycles. The first-order valence-corrected chi connectivity index (χ1v) is 11.3. The molecule has 2 aromatic heterocycles. The summed E-state index contributed by atoms with van der Waals surface area (Å²) in [7, 11) is 3.25. The quantitative estimate of drug-likeness (QED) is 0.477. The van der Waals surface area contributed by atoms with Gasteiger partial charge in [0.05, 0.1) is 14.2 Å². The molecule has 0 bridgehead atoms. The number of nitrogens with zero attached hydrogens (tertiary/aromatic N) is 2. The third-order valence-corrected chi connectivity index (χ3v) is 6.75. The van der Waals surface area contributed by atoms with E-state index >= 15 is 0 Å². The zero-order chi connectivity index (χ0) is 22.5. The van der Waals surface area contributed by atoms with Crippen molar-refractivity contribution < 1.29 is 18.8 Å². The second-order valence-electron chi connectivity index (χ2n) is 8.69. The van der Waals surface area contributed by atoms with Crippen LogP contribution in [0.1, 0.15) is 57.9 Å². The summed E-state index contributed by atoms with van der Waals surface area (Å²) >= 11 is 0. The highest BCUT2D eigenvalue weighted by Crippen LogP contribution is 2.45. The molecule has 0 saturated heterocycles. The fourth-order valence-electron chi connectivity index (χ4n) is 5.01. The van der Waals surface area contributed by atoms with Gasteiger partial charge in [-0.15, -0.1) is 0 Å². The lowest BCUT2D eigenvalue weighted by Gasteiger charge is -2.36. The summed E-state index contributed by atoms with van der Waals surface area (Å²) in [5.41, 5.74) is 4.49. The Morgan fingerprint density at radius 3 is 2.76 bits per heavy atom. The van der Waals surface area contributed by atoms with E-state index in [1.807, 2.05) is 35.2 Å². The van der Waals surface area contributed by atoms with Crippen LogP contribution in [0.15, 0.2) is 53.1 Å². The second-order valence-corrected chi connectivity index (χ2v) is 8.69. The number of methoxy groups -OCH3 is 2. The lowest BCUT2D eigenvalue weighted by Crippen LogP contribution is -2.41. The van der Waals surface area contributed by atoms with Crippen LogP contribution in [0.25, 0.3) is 10.9 Å². The topological polar surface area (TPSA) is 80.6 Å². The van der Waals surface area contributed by atoms with Gasteiger partial charge in [-0.1, -0.05) is 35.5 Å². The molecule has 1 amide bonds. The van der Waals surface area contributed by atoms with Crippen LogP contribution < -0.4 is 9.47 Å². The van der Waals surface area contributed by atoms with E-state index in [1.165, 1.54) is 10.9 Å². The molecule has 7 heteroatoms. The number of ether oxygens (including phenoxy) is 2. The Kier molecular flexibility index (Phi) is 4.64. The number of H-pyrrole nitrogens is 1. The molecule has 4 aromatic rings. The molecule has 2 aliphatic rings. The van der Waals surface area contributed by atoms with Crippen LogP contribution in [-0.2, 0) is 6.42 Å². The molecule has 168 valence electrons. The third-order valence-electron chi connectivity index (χ3n) is 6.75. The molecule has 0 radical (unpaired) electrons. The molecule has 1 atom stereocenters. The van der Waals surface area contributed by atoms with Crippen LogP contribution in [0.4, 0.5) is 0 Å². The monoisotopic (exact) mass is 443 g/mol. The summed E-state index contributed by atoms with van der Waals surface area (Å²) in [6.07, 6.45) is 2.93. The van der Waals surface area contributed by atoms with E-state index in [-0.39, 0.29) is 11.9 Å². The molecule has 6 rings (SSSR count). The summed E-state index contributed by atoms with van der Waals surface area (Å²) < 4.78 is 16.8. The second kappa shape index (κ2) is 7.69. The minimum atomic E-state index is -0.375. The number of aromatic amines is 1. The van der Waals surface area contributed by atoms with Gasteiger partial charge < -0.3 is 23.9 Å². The first-order valence-electron chi connectivity index (χ1n) is 11.3. The van der Waals surface area contributed by atoms with E-state index in [0.29, 0.717) is 29.7 Å². The van der Waals surface area contributed by atoms with Crippen molar-refractivity contribution in [3.05, 3.63) is 76.8 Å². The molecule has 1 saturated carbocycles. The smallest absolute Gasteiger partial charge is 0.276 e. The third kappa shape index (κ3) is 3.18. The number of fused-ring (bicyclic) bond motifs is 3. The predicted octanol–water partition coefficient (Wildman–Crippen LogP) is 4.84. The van der Waals surface area contributed by atoms with E-state index < -0.39 is 0 Å². The number of aromatic nitrogens is 2. The summed E-state index contributed by atoms with van der Waals surface area (Å²) in [5, 5.41) is 5.31. The normalized spacial score (nSPS) is 17.8. The summed E-state index contributed by atoms with van der Waals surface area (Å²) in [6, 6.07) is 15.5. The van der Waals surface area contributed by atoms with Gasteiger partial charge in [0.25, 0.3) is 5.91 Å². The van der Waals surface area contributed by atoms with Crippen molar-refractivity contribution in [3.8, 4) is 11.5 Å². The Morgan fingerprint density at radius 1 is 1.12 bits per heavy atom. The molecule has 0 unspecified atom stereocenters. The highest BCUT2D eigenvalue weighted by atomic mass is 16.5. The van der Waals surface area contributed by atoms with Crippen LogP contribution in [-0.4, -0.2) is 41.7 Å². The zero-order valence-corrected chi connectivity index (χ0v) is 18.6. The summed E-state index contributed by atoms with van der Waals surface area (Å²) in [4.78, 5) is 19.2. The average molecular weight is 444 g/mol. The number of para-hydroxylation sites is 2. The Labute approximate surface area is 191 Å². The minimum absolute atomic E-state index is 0.148. The largest absolute Gasteiger partial charge is 0.493 e. The number of benzene rings is 2. The molecule has 1 N–H and O–H groups in total. The molecule has 7 nitrogen and oxygen atoms in total. The van der Waals surface area contributed by atoms with E-state index in [2.05, 4.69) is 22.3 Å². The van der Waals surface area contributed by atoms with Gasteiger partial charge in [-0.3, -0.25) is 4.79 Å². The van der Waals surface area contributed by atoms with E-state index in [4.69, 9.17) is 14.0 Å². The molecule has 1 aliphatic heterocycles. The maximum Gasteiger partial charge on any atom is 0.276 e. The van der Waals surface area contributed by atoms with Gasteiger partial charge in [-0.2, -0.15) is 0 Å². The molecular formula is C26H25N3O4. The van der Waals surface area contributed by atoms with Gasteiger partial charge in [0.1, 0.15) is 11.8 Å². The van der Waals surface area contributed by atoms with Crippen molar-refractivity contribution in [2.45, 2.75) is 31.2 Å². The number of carbonyl (C=O) groups is 1. The van der Waals surface area contributed by atoms with Crippen molar-refractivity contribution in [2.24, 2.45) is 0 Å². The Hall–Kier alpha value is -3.74. The maximum absolute atomic E-state index is 13.7. The molecule has 0 spiro atoms. The number of hydrogen-bond donors (Lipinski definition) is 1. The Bertz CT molecular complexity index is 1350. The first-order chi connectivity index (χ1) is 16.2. The SMILES string of the molecule is COc1cccc([C@H]2c3[nH]c4ccccc4c3CCN2C(=O)c2cc(C3CC3)on2)c1OC. The van der Waals surface area contributed by atoms with Crippen LogP contribution in [0.2, 0.25) is 0 Å². The number of hydrogen-bond acceptors (Lipinski definition) is 5. The van der Waals surface area contributed by atoms with Gasteiger partial charge in [0.15, 0.2) is 17.2 Å². The molecule has 1 aliphatic carbocycles. The zero-order valence-electron chi connectivity index (χ0n) is 18.6. The number of carbonyl (C=O) groups excluding carboxylic acids is 1. The van der Waals surface area contributed by atoms with Gasteiger partial charge in [-0.05, 0) is 37.0 Å². The van der Waals surface area contributed by atoms with Gasteiger partial charge in [0.2, 0.25) is 0 Å². The standard InChI is InChI=1S/C26H25N3O4/c1-31-21-9-5-7-18(25(21)32-2)24-23-17(16-6-3-4-8-19(16)27-23)12-13-29(24)26(30)20-14-22(33-28-20)15-10-11-15/h3-9,14-15,24,27H,10-13H2,1-2H3/t24-/m0/s1. The van der Waals surface area contributed by atoms with Gasteiger partial charge in [0, 0.05) is 40.7 Å². The van der Waals surface area contributed by atoms with Crippen molar-refractivity contribution >= 4 is 16.8 Å². The highest BCUT2D eigenvalue weighted by Gasteiger charge is 2.38. The van der Waals surface area contributed by atoms with Crippen molar-refractivity contribution in [3.63, 3.8) is 0 Å². The molecule has 1 fully saturated rings. The fraction of sp³-hybridized carbons (Fsp3) is 0.308. The van der Waals surface area contributed by atoms with Gasteiger partial charge >= 0.3 is 0 Å². The Morgan fingerprint density at radius 2 is 1.97 bits per heavy atom. The van der Waals surface area contributed by atoms with Gasteiger partial charge in [-0.25, -0.2) is 0 Å². The van der Waals surface area contributed by atoms with E-state index in [9.17, 15) is 4.79 Å².